The van der Waals surface area contributed by atoms with Gasteiger partial charge in [-0.3, -0.25) is 4.79 Å². The smallest absolute Gasteiger partial charge is 0.233 e. The number of carbonyl (C=O) groups is 1. The lowest BCUT2D eigenvalue weighted by Gasteiger charge is -2.09. The predicted molar refractivity (Wildman–Crippen MR) is 60.8 cm³/mol. The van der Waals surface area contributed by atoms with E-state index in [9.17, 15) is 9.90 Å². The van der Waals surface area contributed by atoms with Crippen molar-refractivity contribution < 1.29 is 9.90 Å². The van der Waals surface area contributed by atoms with E-state index in [1.165, 1.54) is 0 Å². The van der Waals surface area contributed by atoms with Crippen LogP contribution in [0.25, 0.3) is 0 Å². The Hall–Kier alpha value is -0.910. The molecule has 0 bridgehead atoms. The molecule has 1 unspecified atom stereocenters. The normalized spacial score (nSPS) is 12.4. The summed E-state index contributed by atoms with van der Waals surface area (Å²) in [6.45, 7) is 3.15. The zero-order valence-electron chi connectivity index (χ0n) is 8.69. The van der Waals surface area contributed by atoms with E-state index in [1.807, 2.05) is 23.8 Å². The summed E-state index contributed by atoms with van der Waals surface area (Å²) < 4.78 is 0. The number of nitrogens with one attached hydrogen (secondary N) is 2. The minimum atomic E-state index is -0.536. The van der Waals surface area contributed by atoms with E-state index < -0.39 is 6.10 Å². The van der Waals surface area contributed by atoms with E-state index in [0.29, 0.717) is 13.1 Å². The summed E-state index contributed by atoms with van der Waals surface area (Å²) in [6.07, 6.45) is -0.536. The van der Waals surface area contributed by atoms with Crippen LogP contribution in [0.5, 0.6) is 0 Å². The van der Waals surface area contributed by atoms with Crippen LogP contribution >= 0.6 is 11.3 Å². The molecule has 3 N–H and O–H groups in total. The van der Waals surface area contributed by atoms with E-state index in [0.717, 1.165) is 5.56 Å². The van der Waals surface area contributed by atoms with Crippen molar-refractivity contribution in [1.82, 2.24) is 10.6 Å². The van der Waals surface area contributed by atoms with Crippen molar-refractivity contribution in [3.8, 4) is 0 Å². The highest BCUT2D eigenvalue weighted by atomic mass is 32.1. The number of carbonyl (C=O) groups excluding carboxylic acids is 1. The van der Waals surface area contributed by atoms with E-state index in [2.05, 4.69) is 10.6 Å². The van der Waals surface area contributed by atoms with Gasteiger partial charge in [0.05, 0.1) is 12.6 Å². The quantitative estimate of drug-likeness (QED) is 0.665. The van der Waals surface area contributed by atoms with Crippen molar-refractivity contribution in [1.29, 1.82) is 0 Å². The van der Waals surface area contributed by atoms with Gasteiger partial charge in [-0.25, -0.2) is 0 Å². The molecule has 0 aromatic carbocycles. The highest BCUT2D eigenvalue weighted by Crippen LogP contribution is 2.14. The first-order valence-corrected chi connectivity index (χ1v) is 5.86. The van der Waals surface area contributed by atoms with Crippen LogP contribution in [0.15, 0.2) is 16.8 Å². The summed E-state index contributed by atoms with van der Waals surface area (Å²) >= 11 is 1.55. The van der Waals surface area contributed by atoms with Crippen LogP contribution in [0, 0.1) is 0 Å². The molecule has 1 aromatic rings. The third kappa shape index (κ3) is 4.42. The second-order valence-electron chi connectivity index (χ2n) is 3.16. The van der Waals surface area contributed by atoms with Gasteiger partial charge in [0.25, 0.3) is 0 Å². The molecular formula is C10H16N2O2S. The minimum Gasteiger partial charge on any atom is -0.387 e. The fraction of sp³-hybridized carbons (Fsp3) is 0.500. The average Bonchev–Trinajstić information content (AvgIpc) is 2.70. The number of aliphatic hydroxyl groups excluding tert-OH is 1. The summed E-state index contributed by atoms with van der Waals surface area (Å²) in [4.78, 5) is 11.1. The molecule has 84 valence electrons. The Morgan fingerprint density at radius 2 is 2.47 bits per heavy atom. The molecule has 1 rings (SSSR count). The third-order valence-corrected chi connectivity index (χ3v) is 2.63. The molecule has 1 atom stereocenters. The summed E-state index contributed by atoms with van der Waals surface area (Å²) in [5.41, 5.74) is 0.892. The SMILES string of the molecule is CCNC(=O)CNCC(O)c1ccsc1. The largest absolute Gasteiger partial charge is 0.387 e. The summed E-state index contributed by atoms with van der Waals surface area (Å²) in [6, 6.07) is 1.88. The fourth-order valence-corrected chi connectivity index (χ4v) is 1.87. The first kappa shape index (κ1) is 12.2. The standard InChI is InChI=1S/C10H16N2O2S/c1-2-12-10(14)6-11-5-9(13)8-3-4-15-7-8/h3-4,7,9,11,13H,2,5-6H2,1H3,(H,12,14). The van der Waals surface area contributed by atoms with Crippen LogP contribution in [-0.2, 0) is 4.79 Å². The van der Waals surface area contributed by atoms with Crippen LogP contribution < -0.4 is 10.6 Å². The number of thiophene rings is 1. The van der Waals surface area contributed by atoms with Gasteiger partial charge in [0.2, 0.25) is 5.91 Å². The van der Waals surface area contributed by atoms with Crippen LogP contribution in [0.1, 0.15) is 18.6 Å². The lowest BCUT2D eigenvalue weighted by atomic mass is 10.2. The van der Waals surface area contributed by atoms with Crippen molar-refractivity contribution in [3.63, 3.8) is 0 Å². The fourth-order valence-electron chi connectivity index (χ4n) is 1.16. The Morgan fingerprint density at radius 3 is 3.07 bits per heavy atom. The molecule has 1 amide bonds. The molecule has 0 saturated carbocycles. The van der Waals surface area contributed by atoms with Crippen molar-refractivity contribution in [3.05, 3.63) is 22.4 Å². The van der Waals surface area contributed by atoms with E-state index in [1.54, 1.807) is 11.3 Å². The molecule has 0 radical (unpaired) electrons. The van der Waals surface area contributed by atoms with Crippen molar-refractivity contribution in [2.24, 2.45) is 0 Å². The monoisotopic (exact) mass is 228 g/mol. The maximum absolute atomic E-state index is 11.1. The van der Waals surface area contributed by atoms with Crippen LogP contribution in [-0.4, -0.2) is 30.6 Å². The van der Waals surface area contributed by atoms with Gasteiger partial charge < -0.3 is 15.7 Å². The maximum Gasteiger partial charge on any atom is 0.233 e. The zero-order chi connectivity index (χ0) is 11.1. The second kappa shape index (κ2) is 6.55. The molecular weight excluding hydrogens is 212 g/mol. The number of hydrogen-bond acceptors (Lipinski definition) is 4. The second-order valence-corrected chi connectivity index (χ2v) is 3.94. The Kier molecular flexibility index (Phi) is 5.31. The molecule has 0 fully saturated rings. The molecule has 0 aliphatic carbocycles. The molecule has 1 aromatic heterocycles. The van der Waals surface area contributed by atoms with Gasteiger partial charge in [-0.1, -0.05) is 0 Å². The summed E-state index contributed by atoms with van der Waals surface area (Å²) in [5.74, 6) is -0.0463. The summed E-state index contributed by atoms with van der Waals surface area (Å²) in [5, 5.41) is 19.1. The van der Waals surface area contributed by atoms with Gasteiger partial charge in [-0.15, -0.1) is 0 Å². The first-order chi connectivity index (χ1) is 7.24. The van der Waals surface area contributed by atoms with Gasteiger partial charge in [-0.05, 0) is 29.3 Å². The lowest BCUT2D eigenvalue weighted by Crippen LogP contribution is -2.35. The van der Waals surface area contributed by atoms with Crippen molar-refractivity contribution in [2.75, 3.05) is 19.6 Å². The van der Waals surface area contributed by atoms with E-state index in [-0.39, 0.29) is 12.5 Å². The van der Waals surface area contributed by atoms with E-state index in [4.69, 9.17) is 0 Å². The highest BCUT2D eigenvalue weighted by Gasteiger charge is 2.07. The Morgan fingerprint density at radius 1 is 1.67 bits per heavy atom. The molecule has 5 heteroatoms. The summed E-state index contributed by atoms with van der Waals surface area (Å²) in [7, 11) is 0. The number of aliphatic hydroxyl groups is 1. The van der Waals surface area contributed by atoms with Crippen LogP contribution in [0.3, 0.4) is 0 Å². The Balaban J connectivity index is 2.18. The molecule has 4 nitrogen and oxygen atoms in total. The lowest BCUT2D eigenvalue weighted by molar-refractivity contribution is -0.120. The molecule has 1 heterocycles. The number of hydrogen-bond donors (Lipinski definition) is 3. The van der Waals surface area contributed by atoms with Gasteiger partial charge >= 0.3 is 0 Å². The highest BCUT2D eigenvalue weighted by molar-refractivity contribution is 7.07. The van der Waals surface area contributed by atoms with Gasteiger partial charge in [0.1, 0.15) is 0 Å². The maximum atomic E-state index is 11.1. The molecule has 0 spiro atoms. The minimum absolute atomic E-state index is 0.0463. The number of likely N-dealkylation sites (N-methyl/N-ethyl adjacent to an activating group) is 1. The van der Waals surface area contributed by atoms with Crippen LogP contribution in [0.2, 0.25) is 0 Å². The first-order valence-electron chi connectivity index (χ1n) is 4.91. The third-order valence-electron chi connectivity index (χ3n) is 1.93. The average molecular weight is 228 g/mol. The molecule has 15 heavy (non-hydrogen) atoms. The van der Waals surface area contributed by atoms with Gasteiger partial charge in [0.15, 0.2) is 0 Å². The Labute approximate surface area is 93.3 Å². The van der Waals surface area contributed by atoms with E-state index >= 15 is 0 Å². The molecule has 0 aliphatic rings. The number of amides is 1. The topological polar surface area (TPSA) is 61.4 Å². The molecule has 0 saturated heterocycles. The van der Waals surface area contributed by atoms with Gasteiger partial charge in [0, 0.05) is 13.1 Å². The predicted octanol–water partition coefficient (Wildman–Crippen LogP) is 0.507. The van der Waals surface area contributed by atoms with Gasteiger partial charge in [-0.2, -0.15) is 11.3 Å². The van der Waals surface area contributed by atoms with Crippen molar-refractivity contribution >= 4 is 17.2 Å². The zero-order valence-corrected chi connectivity index (χ0v) is 9.51. The van der Waals surface area contributed by atoms with Crippen LogP contribution in [0.4, 0.5) is 0 Å². The van der Waals surface area contributed by atoms with Crippen molar-refractivity contribution in [2.45, 2.75) is 13.0 Å². The number of rotatable bonds is 6. The molecule has 0 aliphatic heterocycles. The Bertz CT molecular complexity index is 288.